The second-order valence-corrected chi connectivity index (χ2v) is 8.76. The van der Waals surface area contributed by atoms with Crippen LogP contribution in [0.1, 0.15) is 32.1 Å². The van der Waals surface area contributed by atoms with Crippen molar-refractivity contribution >= 4 is 28.7 Å². The lowest BCUT2D eigenvalue weighted by Crippen LogP contribution is -2.41. The molecule has 0 spiro atoms. The molecule has 1 amide bonds. The Morgan fingerprint density at radius 2 is 1.81 bits per heavy atom. The van der Waals surface area contributed by atoms with Crippen LogP contribution in [0.25, 0.3) is 0 Å². The first kappa shape index (κ1) is 21.1. The van der Waals surface area contributed by atoms with Crippen molar-refractivity contribution in [3.05, 3.63) is 75.5 Å². The number of Topliss-reactive ketones (excluding diaryl/α,β-unsaturated/α-hetero) is 1. The first-order valence-corrected chi connectivity index (χ1v) is 10.6. The van der Waals surface area contributed by atoms with Gasteiger partial charge < -0.3 is 19.5 Å². The normalized spacial score (nSPS) is 17.5. The second kappa shape index (κ2) is 8.17. The summed E-state index contributed by atoms with van der Waals surface area (Å²) in [4.78, 5) is 29.3. The Balaban J connectivity index is 1.67. The third-order valence-corrected chi connectivity index (χ3v) is 6.50. The highest BCUT2D eigenvalue weighted by atomic mass is 32.1. The van der Waals surface area contributed by atoms with Gasteiger partial charge in [0, 0.05) is 10.4 Å². The molecule has 0 unspecified atom stereocenters. The zero-order valence-corrected chi connectivity index (χ0v) is 18.4. The molecule has 1 aliphatic rings. The number of ketones is 1. The molecule has 2 aromatic carbocycles. The highest BCUT2D eigenvalue weighted by molar-refractivity contribution is 7.14. The number of carbonyl (C=O) groups excluding carboxylic acids is 2. The van der Waals surface area contributed by atoms with Gasteiger partial charge in [-0.1, -0.05) is 24.3 Å². The quantitative estimate of drug-likeness (QED) is 0.564. The van der Waals surface area contributed by atoms with Gasteiger partial charge in [0.25, 0.3) is 5.91 Å². The molecule has 0 radical (unpaired) electrons. The van der Waals surface area contributed by atoms with Crippen LogP contribution in [0.3, 0.4) is 0 Å². The van der Waals surface area contributed by atoms with Crippen molar-refractivity contribution in [1.29, 1.82) is 0 Å². The molecule has 31 heavy (non-hydrogen) atoms. The number of hydrogen-bond acceptors (Lipinski definition) is 6. The van der Waals surface area contributed by atoms with Crippen LogP contribution >= 0.6 is 11.3 Å². The Morgan fingerprint density at radius 3 is 2.48 bits per heavy atom. The predicted octanol–water partition coefficient (Wildman–Crippen LogP) is 4.08. The van der Waals surface area contributed by atoms with Gasteiger partial charge in [-0.05, 0) is 42.8 Å². The molecule has 1 atom stereocenters. The first-order chi connectivity index (χ1) is 14.9. The molecule has 6 nitrogen and oxygen atoms in total. The van der Waals surface area contributed by atoms with Crippen LogP contribution in [-0.4, -0.2) is 31.0 Å². The minimum absolute atomic E-state index is 0.227. The predicted molar refractivity (Wildman–Crippen MR) is 119 cm³/mol. The molecule has 160 valence electrons. The zero-order valence-electron chi connectivity index (χ0n) is 17.5. The van der Waals surface area contributed by atoms with Gasteiger partial charge in [0.2, 0.25) is 0 Å². The summed E-state index contributed by atoms with van der Waals surface area (Å²) in [6.07, 6.45) is -0.300. The van der Waals surface area contributed by atoms with E-state index in [9.17, 15) is 14.7 Å². The van der Waals surface area contributed by atoms with Gasteiger partial charge in [-0.25, -0.2) is 0 Å². The lowest BCUT2D eigenvalue weighted by atomic mass is 9.89. The van der Waals surface area contributed by atoms with Gasteiger partial charge in [-0.15, -0.1) is 11.3 Å². The Labute approximate surface area is 184 Å². The molecule has 0 saturated heterocycles. The number of benzene rings is 2. The van der Waals surface area contributed by atoms with E-state index in [0.717, 1.165) is 10.4 Å². The molecule has 3 aromatic rings. The molecule has 7 heteroatoms. The third-order valence-electron chi connectivity index (χ3n) is 5.46. The second-order valence-electron chi connectivity index (χ2n) is 7.47. The van der Waals surface area contributed by atoms with Gasteiger partial charge in [0.1, 0.15) is 0 Å². The summed E-state index contributed by atoms with van der Waals surface area (Å²) in [5.74, 6) is 0.382. The molecule has 0 fully saturated rings. The minimum Gasteiger partial charge on any atom is -0.493 e. The van der Waals surface area contributed by atoms with Crippen molar-refractivity contribution in [3.63, 3.8) is 0 Å². The number of para-hydroxylation sites is 1. The maximum absolute atomic E-state index is 13.4. The zero-order chi connectivity index (χ0) is 22.2. The Morgan fingerprint density at radius 1 is 1.06 bits per heavy atom. The Bertz CT molecular complexity index is 1150. The van der Waals surface area contributed by atoms with Gasteiger partial charge in [0.15, 0.2) is 22.9 Å². The number of hydrogen-bond donors (Lipinski definition) is 1. The summed E-state index contributed by atoms with van der Waals surface area (Å²) in [6.45, 7) is 2.14. The number of thiophene rings is 1. The van der Waals surface area contributed by atoms with E-state index in [0.29, 0.717) is 27.6 Å². The maximum Gasteiger partial charge on any atom is 0.264 e. The van der Waals surface area contributed by atoms with Crippen LogP contribution in [-0.2, 0) is 16.9 Å². The third kappa shape index (κ3) is 3.71. The van der Waals surface area contributed by atoms with Gasteiger partial charge in [0.05, 0.1) is 37.7 Å². The number of aliphatic hydroxyl groups is 1. The van der Waals surface area contributed by atoms with Crippen molar-refractivity contribution < 1.29 is 24.2 Å². The summed E-state index contributed by atoms with van der Waals surface area (Å²) in [5.41, 5.74) is -0.0467. The van der Waals surface area contributed by atoms with E-state index < -0.39 is 11.5 Å². The maximum atomic E-state index is 13.4. The van der Waals surface area contributed by atoms with Crippen molar-refractivity contribution in [2.24, 2.45) is 0 Å². The fourth-order valence-electron chi connectivity index (χ4n) is 3.90. The van der Waals surface area contributed by atoms with Gasteiger partial charge in [-0.2, -0.15) is 0 Å². The molecule has 1 N–H and O–H groups in total. The number of nitrogens with zero attached hydrogens (tertiary/aromatic N) is 1. The van der Waals surface area contributed by atoms with Crippen LogP contribution in [0.15, 0.2) is 54.6 Å². The van der Waals surface area contributed by atoms with E-state index in [-0.39, 0.29) is 18.7 Å². The summed E-state index contributed by atoms with van der Waals surface area (Å²) in [5, 5.41) is 11.4. The number of anilines is 1. The Hall–Kier alpha value is -3.16. The van der Waals surface area contributed by atoms with Crippen molar-refractivity contribution in [2.45, 2.75) is 25.5 Å². The highest BCUT2D eigenvalue weighted by Crippen LogP contribution is 2.44. The van der Waals surface area contributed by atoms with Crippen LogP contribution < -0.4 is 14.4 Å². The molecular weight excluding hydrogens is 414 g/mol. The molecule has 1 aromatic heterocycles. The smallest absolute Gasteiger partial charge is 0.264 e. The standard InChI is InChI=1S/C24H23NO5S/c1-15-8-11-22(31-15)19(26)13-24(28)17-6-4-5-7-18(17)25(23(24)27)14-16-9-10-20(29-2)21(12-16)30-3/h4-12,28H,13-14H2,1-3H3/t24-/m0/s1. The van der Waals surface area contributed by atoms with E-state index in [1.165, 1.54) is 16.2 Å². The number of methoxy groups -OCH3 is 2. The molecular formula is C24H23NO5S. The average molecular weight is 438 g/mol. The van der Waals surface area contributed by atoms with Crippen molar-refractivity contribution in [1.82, 2.24) is 0 Å². The SMILES string of the molecule is COc1ccc(CN2C(=O)[C@](O)(CC(=O)c3ccc(C)s3)c3ccccc32)cc1OC. The summed E-state index contributed by atoms with van der Waals surface area (Å²) in [7, 11) is 3.11. The van der Waals surface area contributed by atoms with Gasteiger partial charge >= 0.3 is 0 Å². The Kier molecular flexibility index (Phi) is 5.56. The fraction of sp³-hybridized carbons (Fsp3) is 0.250. The topological polar surface area (TPSA) is 76.1 Å². The minimum atomic E-state index is -1.90. The molecule has 0 bridgehead atoms. The number of aryl methyl sites for hydroxylation is 1. The van der Waals surface area contributed by atoms with Crippen LogP contribution in [0.4, 0.5) is 5.69 Å². The number of fused-ring (bicyclic) bond motifs is 1. The molecule has 0 aliphatic carbocycles. The monoisotopic (exact) mass is 437 g/mol. The fourth-order valence-corrected chi connectivity index (χ4v) is 4.70. The molecule has 2 heterocycles. The van der Waals surface area contributed by atoms with Crippen LogP contribution in [0, 0.1) is 6.92 Å². The van der Waals surface area contributed by atoms with Crippen molar-refractivity contribution in [2.75, 3.05) is 19.1 Å². The molecule has 1 aliphatic heterocycles. The first-order valence-electron chi connectivity index (χ1n) is 9.82. The summed E-state index contributed by atoms with van der Waals surface area (Å²) >= 11 is 1.36. The molecule has 0 saturated carbocycles. The lowest BCUT2D eigenvalue weighted by Gasteiger charge is -2.23. The van der Waals surface area contributed by atoms with Gasteiger partial charge in [-0.3, -0.25) is 9.59 Å². The van der Waals surface area contributed by atoms with Crippen LogP contribution in [0.2, 0.25) is 0 Å². The lowest BCUT2D eigenvalue weighted by molar-refractivity contribution is -0.136. The molecule has 4 rings (SSSR count). The number of rotatable bonds is 7. The van der Waals surface area contributed by atoms with E-state index in [4.69, 9.17) is 9.47 Å². The number of carbonyl (C=O) groups is 2. The number of ether oxygens (including phenoxy) is 2. The number of amides is 1. The highest BCUT2D eigenvalue weighted by Gasteiger charge is 2.50. The van der Waals surface area contributed by atoms with Crippen molar-refractivity contribution in [3.8, 4) is 11.5 Å². The van der Waals surface area contributed by atoms with E-state index >= 15 is 0 Å². The van der Waals surface area contributed by atoms with E-state index in [1.807, 2.05) is 25.1 Å². The average Bonchev–Trinajstić information content (AvgIpc) is 3.30. The van der Waals surface area contributed by atoms with Crippen LogP contribution in [0.5, 0.6) is 11.5 Å². The largest absolute Gasteiger partial charge is 0.493 e. The van der Waals surface area contributed by atoms with E-state index in [2.05, 4.69) is 0 Å². The van der Waals surface area contributed by atoms with E-state index in [1.54, 1.807) is 50.6 Å². The summed E-state index contributed by atoms with van der Waals surface area (Å²) in [6, 6.07) is 16.1. The summed E-state index contributed by atoms with van der Waals surface area (Å²) < 4.78 is 10.6.